The molecule has 0 spiro atoms. The molecule has 0 bridgehead atoms. The predicted molar refractivity (Wildman–Crippen MR) is 95.4 cm³/mol. The number of rotatable bonds is 4. The van der Waals surface area contributed by atoms with Crippen molar-refractivity contribution in [3.63, 3.8) is 0 Å². The predicted octanol–water partition coefficient (Wildman–Crippen LogP) is 2.58. The molecule has 2 aromatic rings. The molecule has 132 valence electrons. The third kappa shape index (κ3) is 2.86. The van der Waals surface area contributed by atoms with Gasteiger partial charge in [0.2, 0.25) is 0 Å². The molecular formula is C20H17NO5. The number of carbonyl (C=O) groups is 3. The molecule has 0 fully saturated rings. The average molecular weight is 351 g/mol. The van der Waals surface area contributed by atoms with Crippen molar-refractivity contribution in [2.24, 2.45) is 0 Å². The van der Waals surface area contributed by atoms with E-state index in [0.717, 1.165) is 0 Å². The molecule has 0 saturated heterocycles. The summed E-state index contributed by atoms with van der Waals surface area (Å²) in [6, 6.07) is 11.8. The summed E-state index contributed by atoms with van der Waals surface area (Å²) in [6.45, 7) is 0. The zero-order valence-electron chi connectivity index (χ0n) is 14.6. The molecule has 0 radical (unpaired) electrons. The Morgan fingerprint density at radius 1 is 0.962 bits per heavy atom. The lowest BCUT2D eigenvalue weighted by molar-refractivity contribution is -0.122. The maximum absolute atomic E-state index is 12.6. The van der Waals surface area contributed by atoms with Crippen LogP contribution in [0.5, 0.6) is 11.5 Å². The van der Waals surface area contributed by atoms with Crippen molar-refractivity contribution in [1.82, 2.24) is 4.90 Å². The number of fused-ring (bicyclic) bond motifs is 1. The molecule has 0 unspecified atom stereocenters. The van der Waals surface area contributed by atoms with E-state index in [4.69, 9.17) is 9.47 Å². The monoisotopic (exact) mass is 351 g/mol. The summed E-state index contributed by atoms with van der Waals surface area (Å²) in [4.78, 5) is 38.5. The third-order valence-corrected chi connectivity index (χ3v) is 4.23. The number of carbonyl (C=O) groups excluding carboxylic acids is 3. The van der Waals surface area contributed by atoms with Crippen LogP contribution < -0.4 is 9.47 Å². The fourth-order valence-corrected chi connectivity index (χ4v) is 2.82. The van der Waals surface area contributed by atoms with Gasteiger partial charge in [-0.25, -0.2) is 0 Å². The summed E-state index contributed by atoms with van der Waals surface area (Å²) >= 11 is 0. The number of ether oxygens (including phenoxy) is 2. The number of methoxy groups -OCH3 is 2. The van der Waals surface area contributed by atoms with E-state index >= 15 is 0 Å². The maximum Gasteiger partial charge on any atom is 0.299 e. The van der Waals surface area contributed by atoms with Crippen molar-refractivity contribution in [2.45, 2.75) is 0 Å². The van der Waals surface area contributed by atoms with Crippen molar-refractivity contribution in [1.29, 1.82) is 0 Å². The van der Waals surface area contributed by atoms with Crippen LogP contribution >= 0.6 is 0 Å². The maximum atomic E-state index is 12.6. The Morgan fingerprint density at radius 3 is 2.12 bits per heavy atom. The normalized spacial score (nSPS) is 15.0. The number of likely N-dealkylation sites (N-methyl/N-ethyl adjacent to an activating group) is 1. The van der Waals surface area contributed by atoms with Gasteiger partial charge in [0.15, 0.2) is 17.3 Å². The van der Waals surface area contributed by atoms with Crippen LogP contribution in [0.3, 0.4) is 0 Å². The number of hydrogen-bond donors (Lipinski definition) is 0. The number of allylic oxidation sites excluding steroid dienone is 1. The molecule has 1 amide bonds. The second-order valence-corrected chi connectivity index (χ2v) is 5.71. The van der Waals surface area contributed by atoms with E-state index in [1.54, 1.807) is 30.3 Å². The van der Waals surface area contributed by atoms with Gasteiger partial charge in [0.25, 0.3) is 11.7 Å². The van der Waals surface area contributed by atoms with Crippen LogP contribution in [0.1, 0.15) is 26.3 Å². The lowest BCUT2D eigenvalue weighted by Crippen LogP contribution is -2.37. The Hall–Kier alpha value is -3.41. The van der Waals surface area contributed by atoms with Crippen molar-refractivity contribution in [3.8, 4) is 11.5 Å². The summed E-state index contributed by atoms with van der Waals surface area (Å²) < 4.78 is 10.5. The van der Waals surface area contributed by atoms with E-state index in [1.807, 2.05) is 6.07 Å². The highest BCUT2D eigenvalue weighted by atomic mass is 16.5. The van der Waals surface area contributed by atoms with Gasteiger partial charge in [-0.15, -0.1) is 0 Å². The number of hydrogen-bond acceptors (Lipinski definition) is 5. The first-order valence-corrected chi connectivity index (χ1v) is 7.87. The van der Waals surface area contributed by atoms with Crippen LogP contribution in [0.15, 0.2) is 48.5 Å². The van der Waals surface area contributed by atoms with Crippen LogP contribution in [0.2, 0.25) is 0 Å². The van der Waals surface area contributed by atoms with Crippen LogP contribution in [0.4, 0.5) is 0 Å². The molecule has 0 aromatic heterocycles. The first-order valence-electron chi connectivity index (χ1n) is 7.87. The van der Waals surface area contributed by atoms with Gasteiger partial charge in [-0.2, -0.15) is 0 Å². The quantitative estimate of drug-likeness (QED) is 0.481. The largest absolute Gasteiger partial charge is 0.493 e. The Morgan fingerprint density at radius 2 is 1.54 bits per heavy atom. The van der Waals surface area contributed by atoms with Gasteiger partial charge in [-0.05, 0) is 12.1 Å². The summed E-state index contributed by atoms with van der Waals surface area (Å²) in [7, 11) is 4.38. The molecule has 1 aliphatic rings. The zero-order valence-corrected chi connectivity index (χ0v) is 14.6. The van der Waals surface area contributed by atoms with Gasteiger partial charge >= 0.3 is 0 Å². The Kier molecular flexibility index (Phi) is 4.58. The molecule has 1 aliphatic heterocycles. The van der Waals surface area contributed by atoms with Crippen molar-refractivity contribution < 1.29 is 23.9 Å². The minimum Gasteiger partial charge on any atom is -0.493 e. The Bertz CT molecular complexity index is 931. The third-order valence-electron chi connectivity index (χ3n) is 4.23. The second kappa shape index (κ2) is 6.84. The summed E-state index contributed by atoms with van der Waals surface area (Å²) in [5.74, 6) is -0.898. The molecule has 0 N–H and O–H groups in total. The first kappa shape index (κ1) is 17.4. The molecule has 0 aliphatic carbocycles. The topological polar surface area (TPSA) is 72.9 Å². The molecule has 0 saturated carbocycles. The van der Waals surface area contributed by atoms with Crippen LogP contribution in [-0.2, 0) is 4.79 Å². The number of Topliss-reactive ketones (excluding diaryl/α,β-unsaturated/α-hetero) is 1. The SMILES string of the molecule is COc1cc2c(cc1OC)/C(=C\C(=O)c1ccccc1)N(C)C(=O)C2=O. The fourth-order valence-electron chi connectivity index (χ4n) is 2.82. The highest BCUT2D eigenvalue weighted by molar-refractivity contribution is 6.46. The van der Waals surface area contributed by atoms with E-state index < -0.39 is 11.7 Å². The standard InChI is InChI=1S/C20H17NO5/c1-21-15(11-16(22)12-7-5-4-6-8-12)13-9-17(25-2)18(26-3)10-14(13)19(23)20(21)24/h4-11H,1-3H3/b15-11+. The van der Waals surface area contributed by atoms with Crippen molar-refractivity contribution >= 4 is 23.2 Å². The molecule has 2 aromatic carbocycles. The first-order chi connectivity index (χ1) is 12.5. The Balaban J connectivity index is 2.19. The second-order valence-electron chi connectivity index (χ2n) is 5.71. The number of amides is 1. The average Bonchev–Trinajstić information content (AvgIpc) is 2.69. The van der Waals surface area contributed by atoms with E-state index in [1.165, 1.54) is 38.3 Å². The molecule has 6 nitrogen and oxygen atoms in total. The lowest BCUT2D eigenvalue weighted by Gasteiger charge is -2.27. The van der Waals surface area contributed by atoms with Crippen LogP contribution in [-0.4, -0.2) is 43.6 Å². The van der Waals surface area contributed by atoms with Crippen molar-refractivity contribution in [2.75, 3.05) is 21.3 Å². The Labute approximate surface area is 150 Å². The smallest absolute Gasteiger partial charge is 0.299 e. The number of nitrogens with zero attached hydrogens (tertiary/aromatic N) is 1. The lowest BCUT2D eigenvalue weighted by atomic mass is 9.93. The minimum atomic E-state index is -0.711. The van der Waals surface area contributed by atoms with Gasteiger partial charge < -0.3 is 14.4 Å². The molecule has 26 heavy (non-hydrogen) atoms. The fraction of sp³-hybridized carbons (Fsp3) is 0.150. The highest BCUT2D eigenvalue weighted by Gasteiger charge is 2.34. The zero-order chi connectivity index (χ0) is 18.8. The molecule has 6 heteroatoms. The van der Waals surface area contributed by atoms with Crippen LogP contribution in [0.25, 0.3) is 5.70 Å². The van der Waals surface area contributed by atoms with E-state index in [2.05, 4.69) is 0 Å². The highest BCUT2D eigenvalue weighted by Crippen LogP contribution is 2.37. The molecule has 1 heterocycles. The van der Waals surface area contributed by atoms with E-state index in [-0.39, 0.29) is 11.3 Å². The van der Waals surface area contributed by atoms with E-state index in [9.17, 15) is 14.4 Å². The summed E-state index contributed by atoms with van der Waals surface area (Å²) in [6.07, 6.45) is 1.35. The van der Waals surface area contributed by atoms with Gasteiger partial charge in [0, 0.05) is 29.8 Å². The minimum absolute atomic E-state index is 0.179. The summed E-state index contributed by atoms with van der Waals surface area (Å²) in [5, 5.41) is 0. The van der Waals surface area contributed by atoms with Crippen LogP contribution in [0, 0.1) is 0 Å². The van der Waals surface area contributed by atoms with Gasteiger partial charge in [0.05, 0.1) is 19.9 Å². The van der Waals surface area contributed by atoms with Gasteiger partial charge in [-0.3, -0.25) is 14.4 Å². The van der Waals surface area contributed by atoms with Gasteiger partial charge in [0.1, 0.15) is 0 Å². The number of benzene rings is 2. The molecule has 3 rings (SSSR count). The van der Waals surface area contributed by atoms with E-state index in [0.29, 0.717) is 28.3 Å². The molecule has 0 atom stereocenters. The number of ketones is 2. The van der Waals surface area contributed by atoms with Gasteiger partial charge in [-0.1, -0.05) is 30.3 Å². The summed E-state index contributed by atoms with van der Waals surface area (Å²) in [5.41, 5.74) is 1.44. The molecular weight excluding hydrogens is 334 g/mol. The van der Waals surface area contributed by atoms with Crippen molar-refractivity contribution in [3.05, 3.63) is 65.2 Å².